The summed E-state index contributed by atoms with van der Waals surface area (Å²) < 4.78 is 7.13. The SMILES string of the molecule is CCCOc1cccc(NC(=O)Nc2ccn(C)n2)c1. The summed E-state index contributed by atoms with van der Waals surface area (Å²) in [5.41, 5.74) is 0.673. The van der Waals surface area contributed by atoms with Crippen molar-refractivity contribution in [2.24, 2.45) is 7.05 Å². The maximum absolute atomic E-state index is 11.8. The first-order valence-electron chi connectivity index (χ1n) is 6.48. The number of aromatic nitrogens is 2. The third-order valence-electron chi connectivity index (χ3n) is 2.52. The Hall–Kier alpha value is -2.50. The molecule has 0 bridgehead atoms. The van der Waals surface area contributed by atoms with Crippen LogP contribution in [0.5, 0.6) is 5.75 Å². The molecule has 0 fully saturated rings. The van der Waals surface area contributed by atoms with Gasteiger partial charge in [0, 0.05) is 31.1 Å². The molecule has 0 aliphatic heterocycles. The molecular weight excluding hydrogens is 256 g/mol. The van der Waals surface area contributed by atoms with Gasteiger partial charge in [-0.3, -0.25) is 10.00 Å². The molecule has 0 saturated heterocycles. The first-order valence-corrected chi connectivity index (χ1v) is 6.48. The number of aryl methyl sites for hydroxylation is 1. The highest BCUT2D eigenvalue weighted by atomic mass is 16.5. The second-order valence-corrected chi connectivity index (χ2v) is 4.33. The fourth-order valence-electron chi connectivity index (χ4n) is 1.64. The van der Waals surface area contributed by atoms with E-state index in [0.29, 0.717) is 18.1 Å². The lowest BCUT2D eigenvalue weighted by Crippen LogP contribution is -2.19. The van der Waals surface area contributed by atoms with Crippen molar-refractivity contribution in [3.63, 3.8) is 0 Å². The Balaban J connectivity index is 1.93. The van der Waals surface area contributed by atoms with Crippen LogP contribution in [0.1, 0.15) is 13.3 Å². The first kappa shape index (κ1) is 13.9. The Morgan fingerprint density at radius 1 is 1.35 bits per heavy atom. The van der Waals surface area contributed by atoms with Crippen molar-refractivity contribution >= 4 is 17.5 Å². The fraction of sp³-hybridized carbons (Fsp3) is 0.286. The van der Waals surface area contributed by atoms with Crippen molar-refractivity contribution < 1.29 is 9.53 Å². The van der Waals surface area contributed by atoms with Gasteiger partial charge in [0.15, 0.2) is 5.82 Å². The Bertz CT molecular complexity index is 580. The maximum Gasteiger partial charge on any atom is 0.324 e. The second kappa shape index (κ2) is 6.60. The van der Waals surface area contributed by atoms with Crippen molar-refractivity contribution in [3.05, 3.63) is 36.5 Å². The van der Waals surface area contributed by atoms with Crippen molar-refractivity contribution in [1.29, 1.82) is 0 Å². The summed E-state index contributed by atoms with van der Waals surface area (Å²) in [5.74, 6) is 1.24. The van der Waals surface area contributed by atoms with Gasteiger partial charge >= 0.3 is 6.03 Å². The molecular formula is C14H18N4O2. The molecule has 0 unspecified atom stereocenters. The quantitative estimate of drug-likeness (QED) is 0.881. The maximum atomic E-state index is 11.8. The molecule has 0 aliphatic carbocycles. The van der Waals surface area contributed by atoms with Gasteiger partial charge in [0.1, 0.15) is 5.75 Å². The highest BCUT2D eigenvalue weighted by Crippen LogP contribution is 2.17. The van der Waals surface area contributed by atoms with Gasteiger partial charge in [0.25, 0.3) is 0 Å². The topological polar surface area (TPSA) is 68.2 Å². The third kappa shape index (κ3) is 4.01. The van der Waals surface area contributed by atoms with Gasteiger partial charge in [0.2, 0.25) is 0 Å². The van der Waals surface area contributed by atoms with E-state index >= 15 is 0 Å². The molecule has 0 aliphatic rings. The molecule has 6 nitrogen and oxygen atoms in total. The molecule has 0 spiro atoms. The summed E-state index contributed by atoms with van der Waals surface area (Å²) in [6.45, 7) is 2.70. The zero-order chi connectivity index (χ0) is 14.4. The number of nitrogens with zero attached hydrogens (tertiary/aromatic N) is 2. The number of hydrogen-bond donors (Lipinski definition) is 2. The highest BCUT2D eigenvalue weighted by molar-refractivity contribution is 5.99. The normalized spacial score (nSPS) is 10.1. The van der Waals surface area contributed by atoms with Gasteiger partial charge in [-0.05, 0) is 18.6 Å². The van der Waals surface area contributed by atoms with Crippen molar-refractivity contribution in [3.8, 4) is 5.75 Å². The van der Waals surface area contributed by atoms with Crippen molar-refractivity contribution in [1.82, 2.24) is 9.78 Å². The van der Waals surface area contributed by atoms with Gasteiger partial charge in [-0.2, -0.15) is 5.10 Å². The van der Waals surface area contributed by atoms with Crippen LogP contribution in [0.4, 0.5) is 16.3 Å². The Morgan fingerprint density at radius 2 is 2.20 bits per heavy atom. The molecule has 0 radical (unpaired) electrons. The Morgan fingerprint density at radius 3 is 2.90 bits per heavy atom. The smallest absolute Gasteiger partial charge is 0.324 e. The van der Waals surface area contributed by atoms with E-state index in [4.69, 9.17) is 4.74 Å². The number of urea groups is 1. The summed E-state index contributed by atoms with van der Waals surface area (Å²) in [5, 5.41) is 9.46. The van der Waals surface area contributed by atoms with Crippen LogP contribution in [-0.2, 0) is 7.05 Å². The van der Waals surface area contributed by atoms with Crippen LogP contribution >= 0.6 is 0 Å². The Kier molecular flexibility index (Phi) is 4.60. The molecule has 2 rings (SSSR count). The number of nitrogens with one attached hydrogen (secondary N) is 2. The van der Waals surface area contributed by atoms with Gasteiger partial charge in [-0.1, -0.05) is 13.0 Å². The predicted octanol–water partition coefficient (Wildman–Crippen LogP) is 2.85. The van der Waals surface area contributed by atoms with Crippen LogP contribution in [0.25, 0.3) is 0 Å². The molecule has 106 valence electrons. The largest absolute Gasteiger partial charge is 0.494 e. The molecule has 2 amide bonds. The summed E-state index contributed by atoms with van der Waals surface area (Å²) in [6.07, 6.45) is 2.70. The number of benzene rings is 1. The molecule has 1 heterocycles. The first-order chi connectivity index (χ1) is 9.67. The van der Waals surface area contributed by atoms with Crippen LogP contribution in [0.2, 0.25) is 0 Å². The lowest BCUT2D eigenvalue weighted by atomic mass is 10.3. The molecule has 6 heteroatoms. The number of hydrogen-bond acceptors (Lipinski definition) is 3. The number of ether oxygens (including phenoxy) is 1. The molecule has 2 aromatic rings. The molecule has 0 atom stereocenters. The number of carbonyl (C=O) groups excluding carboxylic acids is 1. The van der Waals surface area contributed by atoms with E-state index in [-0.39, 0.29) is 6.03 Å². The summed E-state index contributed by atoms with van der Waals surface area (Å²) in [7, 11) is 1.79. The lowest BCUT2D eigenvalue weighted by Gasteiger charge is -2.08. The van der Waals surface area contributed by atoms with E-state index in [1.165, 1.54) is 0 Å². The molecule has 1 aromatic carbocycles. The fourth-order valence-corrected chi connectivity index (χ4v) is 1.64. The van der Waals surface area contributed by atoms with E-state index in [2.05, 4.69) is 15.7 Å². The number of rotatable bonds is 5. The second-order valence-electron chi connectivity index (χ2n) is 4.33. The van der Waals surface area contributed by atoms with Gasteiger partial charge < -0.3 is 10.1 Å². The molecule has 1 aromatic heterocycles. The standard InChI is InChI=1S/C14H18N4O2/c1-3-9-20-12-6-4-5-11(10-12)15-14(19)16-13-7-8-18(2)17-13/h4-8,10H,3,9H2,1-2H3,(H2,15,16,17,19). The lowest BCUT2D eigenvalue weighted by molar-refractivity contribution is 0.262. The van der Waals surface area contributed by atoms with E-state index in [1.807, 2.05) is 19.1 Å². The minimum atomic E-state index is -0.337. The molecule has 0 saturated carbocycles. The van der Waals surface area contributed by atoms with Gasteiger partial charge in [-0.25, -0.2) is 4.79 Å². The Labute approximate surface area is 117 Å². The van der Waals surface area contributed by atoms with Crippen LogP contribution in [-0.4, -0.2) is 22.4 Å². The predicted molar refractivity (Wildman–Crippen MR) is 78.1 cm³/mol. The van der Waals surface area contributed by atoms with Crippen LogP contribution in [0, 0.1) is 0 Å². The zero-order valence-corrected chi connectivity index (χ0v) is 11.6. The van der Waals surface area contributed by atoms with E-state index in [1.54, 1.807) is 36.1 Å². The van der Waals surface area contributed by atoms with Crippen molar-refractivity contribution in [2.45, 2.75) is 13.3 Å². The average molecular weight is 274 g/mol. The minimum absolute atomic E-state index is 0.337. The van der Waals surface area contributed by atoms with Crippen LogP contribution in [0.3, 0.4) is 0 Å². The van der Waals surface area contributed by atoms with Gasteiger partial charge in [0.05, 0.1) is 6.61 Å². The van der Waals surface area contributed by atoms with Gasteiger partial charge in [-0.15, -0.1) is 0 Å². The number of carbonyl (C=O) groups is 1. The van der Waals surface area contributed by atoms with E-state index in [0.717, 1.165) is 12.2 Å². The summed E-state index contributed by atoms with van der Waals surface area (Å²) in [4.78, 5) is 11.8. The van der Waals surface area contributed by atoms with Crippen LogP contribution < -0.4 is 15.4 Å². The van der Waals surface area contributed by atoms with E-state index in [9.17, 15) is 4.79 Å². The number of amides is 2. The van der Waals surface area contributed by atoms with Crippen LogP contribution in [0.15, 0.2) is 36.5 Å². The number of anilines is 2. The zero-order valence-electron chi connectivity index (χ0n) is 11.6. The average Bonchev–Trinajstić information content (AvgIpc) is 2.82. The van der Waals surface area contributed by atoms with E-state index < -0.39 is 0 Å². The minimum Gasteiger partial charge on any atom is -0.494 e. The van der Waals surface area contributed by atoms with Crippen molar-refractivity contribution in [2.75, 3.05) is 17.2 Å². The summed E-state index contributed by atoms with van der Waals surface area (Å²) >= 11 is 0. The highest BCUT2D eigenvalue weighted by Gasteiger charge is 2.05. The molecule has 20 heavy (non-hydrogen) atoms. The molecule has 2 N–H and O–H groups in total. The third-order valence-corrected chi connectivity index (χ3v) is 2.52. The monoisotopic (exact) mass is 274 g/mol. The summed E-state index contributed by atoms with van der Waals surface area (Å²) in [6, 6.07) is 8.67.